The Morgan fingerprint density at radius 3 is 2.36 bits per heavy atom. The van der Waals surface area contributed by atoms with Gasteiger partial charge in [-0.05, 0) is 43.2 Å². The molecule has 1 aliphatic heterocycles. The Hall–Kier alpha value is -2.16. The maximum Gasteiger partial charge on any atom is 0.422 e. The van der Waals surface area contributed by atoms with Gasteiger partial charge in [0, 0.05) is 12.5 Å². The molecule has 0 radical (unpaired) electrons. The Bertz CT molecular complexity index is 868. The molecule has 0 saturated heterocycles. The lowest BCUT2D eigenvalue weighted by Crippen LogP contribution is -2.23. The number of benzene rings is 1. The number of hydrogen-bond acceptors (Lipinski definition) is 4. The zero-order valence-corrected chi connectivity index (χ0v) is 14.5. The van der Waals surface area contributed by atoms with Gasteiger partial charge in [0.05, 0.1) is 10.3 Å². The molecule has 0 bridgehead atoms. The summed E-state index contributed by atoms with van der Waals surface area (Å²) in [6.07, 6.45) is -0.780. The molecule has 25 heavy (non-hydrogen) atoms. The Kier molecular flexibility index (Phi) is 4.82. The van der Waals surface area contributed by atoms with Crippen LogP contribution in [0.4, 0.5) is 13.2 Å². The van der Waals surface area contributed by atoms with E-state index in [2.05, 4.69) is 9.73 Å². The smallest absolute Gasteiger partial charge is 0.422 e. The van der Waals surface area contributed by atoms with Crippen LogP contribution in [0.5, 0.6) is 5.75 Å². The molecular weight excluding hydrogens is 359 g/mol. The van der Waals surface area contributed by atoms with Crippen molar-refractivity contribution in [3.05, 3.63) is 29.8 Å². The third-order valence-electron chi connectivity index (χ3n) is 3.43. The summed E-state index contributed by atoms with van der Waals surface area (Å²) in [5, 5.41) is 0. The summed E-state index contributed by atoms with van der Waals surface area (Å²) in [7, 11) is -3.68. The first-order chi connectivity index (χ1) is 11.3. The number of ether oxygens (including phenoxy) is 1. The van der Waals surface area contributed by atoms with Crippen LogP contribution < -0.4 is 4.74 Å². The van der Waals surface area contributed by atoms with Gasteiger partial charge in [-0.3, -0.25) is 4.79 Å². The molecule has 0 aliphatic carbocycles. The number of dihydropyridines is 1. The second-order valence-corrected chi connectivity index (χ2v) is 8.27. The monoisotopic (exact) mass is 375 g/mol. The standard InChI is InChI=1S/C16H16F3NO4S/c1-15(2)7-11(8-20-14(15)21)10-4-12(24-9-16(17,18)19)6-13(5-10)25(3,22)23/h4-8H,9H2,1-3H3. The van der Waals surface area contributed by atoms with Crippen molar-refractivity contribution in [3.63, 3.8) is 0 Å². The van der Waals surface area contributed by atoms with Crippen LogP contribution in [-0.2, 0) is 14.6 Å². The van der Waals surface area contributed by atoms with Gasteiger partial charge < -0.3 is 4.74 Å². The zero-order valence-electron chi connectivity index (χ0n) is 13.7. The van der Waals surface area contributed by atoms with Crippen LogP contribution in [0, 0.1) is 5.41 Å². The van der Waals surface area contributed by atoms with Crippen molar-refractivity contribution in [2.24, 2.45) is 10.4 Å². The van der Waals surface area contributed by atoms with Gasteiger partial charge >= 0.3 is 6.18 Å². The van der Waals surface area contributed by atoms with Crippen LogP contribution in [-0.4, -0.2) is 39.6 Å². The summed E-state index contributed by atoms with van der Waals surface area (Å²) in [6.45, 7) is 1.72. The third-order valence-corrected chi connectivity index (χ3v) is 4.52. The first-order valence-corrected chi connectivity index (χ1v) is 9.03. The number of hydrogen-bond donors (Lipinski definition) is 0. The van der Waals surface area contributed by atoms with Crippen LogP contribution in [0.25, 0.3) is 5.57 Å². The Labute approximate surface area is 143 Å². The van der Waals surface area contributed by atoms with Crippen molar-refractivity contribution < 1.29 is 31.1 Å². The van der Waals surface area contributed by atoms with E-state index in [1.807, 2.05) is 0 Å². The predicted molar refractivity (Wildman–Crippen MR) is 86.4 cm³/mol. The predicted octanol–water partition coefficient (Wildman–Crippen LogP) is 3.05. The lowest BCUT2D eigenvalue weighted by molar-refractivity contribution is -0.153. The van der Waals surface area contributed by atoms with E-state index in [9.17, 15) is 26.4 Å². The van der Waals surface area contributed by atoms with Crippen molar-refractivity contribution >= 4 is 27.5 Å². The summed E-state index contributed by atoms with van der Waals surface area (Å²) in [5.74, 6) is -0.608. The normalized spacial score (nSPS) is 17.4. The van der Waals surface area contributed by atoms with Gasteiger partial charge in [0.15, 0.2) is 16.4 Å². The van der Waals surface area contributed by atoms with Gasteiger partial charge in [-0.2, -0.15) is 13.2 Å². The van der Waals surface area contributed by atoms with Crippen molar-refractivity contribution in [2.45, 2.75) is 24.9 Å². The Balaban J connectivity index is 2.51. The number of nitrogens with zero attached hydrogens (tertiary/aromatic N) is 1. The number of carbonyl (C=O) groups excluding carboxylic acids is 1. The Morgan fingerprint density at radius 1 is 1.20 bits per heavy atom. The number of sulfone groups is 1. The molecule has 0 saturated carbocycles. The van der Waals surface area contributed by atoms with Gasteiger partial charge in [0.2, 0.25) is 0 Å². The Morgan fingerprint density at radius 2 is 1.84 bits per heavy atom. The molecule has 2 rings (SSSR count). The van der Waals surface area contributed by atoms with E-state index in [1.54, 1.807) is 19.9 Å². The van der Waals surface area contributed by atoms with Crippen LogP contribution >= 0.6 is 0 Å². The summed E-state index contributed by atoms with van der Waals surface area (Å²) in [4.78, 5) is 15.3. The molecule has 1 aliphatic rings. The van der Waals surface area contributed by atoms with E-state index in [4.69, 9.17) is 0 Å². The van der Waals surface area contributed by atoms with E-state index < -0.39 is 28.0 Å². The molecular formula is C16H16F3NO4S. The summed E-state index contributed by atoms with van der Waals surface area (Å²) >= 11 is 0. The number of carbonyl (C=O) groups is 1. The van der Waals surface area contributed by atoms with E-state index in [0.29, 0.717) is 11.1 Å². The number of rotatable bonds is 4. The van der Waals surface area contributed by atoms with Crippen molar-refractivity contribution in [1.82, 2.24) is 0 Å². The van der Waals surface area contributed by atoms with Crippen LogP contribution in [0.15, 0.2) is 34.2 Å². The average Bonchev–Trinajstić information content (AvgIpc) is 2.46. The zero-order chi connectivity index (χ0) is 19.0. The fourth-order valence-electron chi connectivity index (χ4n) is 2.14. The second-order valence-electron chi connectivity index (χ2n) is 6.25. The molecule has 136 valence electrons. The summed E-state index contributed by atoms with van der Waals surface area (Å²) in [6, 6.07) is 3.62. The highest BCUT2D eigenvalue weighted by Crippen LogP contribution is 2.32. The first-order valence-electron chi connectivity index (χ1n) is 7.14. The molecule has 0 fully saturated rings. The van der Waals surface area contributed by atoms with Crippen LogP contribution in [0.2, 0.25) is 0 Å². The molecule has 5 nitrogen and oxygen atoms in total. The lowest BCUT2D eigenvalue weighted by atomic mass is 9.86. The van der Waals surface area contributed by atoms with E-state index in [-0.39, 0.29) is 16.6 Å². The molecule has 1 aromatic carbocycles. The minimum absolute atomic E-state index is 0.189. The number of halogens is 3. The summed E-state index contributed by atoms with van der Waals surface area (Å²) in [5.41, 5.74) is -0.186. The van der Waals surface area contributed by atoms with Crippen LogP contribution in [0.3, 0.4) is 0 Å². The molecule has 0 N–H and O–H groups in total. The maximum atomic E-state index is 12.4. The van der Waals surface area contributed by atoms with Gasteiger partial charge in [-0.15, -0.1) is 0 Å². The van der Waals surface area contributed by atoms with E-state index in [1.165, 1.54) is 18.3 Å². The highest BCUT2D eigenvalue weighted by atomic mass is 32.2. The number of alkyl halides is 3. The highest BCUT2D eigenvalue weighted by Gasteiger charge is 2.30. The van der Waals surface area contributed by atoms with Crippen molar-refractivity contribution in [2.75, 3.05) is 12.9 Å². The molecule has 1 heterocycles. The van der Waals surface area contributed by atoms with Crippen molar-refractivity contribution in [1.29, 1.82) is 0 Å². The van der Waals surface area contributed by atoms with E-state index >= 15 is 0 Å². The second kappa shape index (κ2) is 6.29. The number of aliphatic imine (C=N–C) groups is 1. The van der Waals surface area contributed by atoms with E-state index in [0.717, 1.165) is 12.3 Å². The number of allylic oxidation sites excluding steroid dienone is 1. The molecule has 9 heteroatoms. The highest BCUT2D eigenvalue weighted by molar-refractivity contribution is 7.90. The molecule has 1 aromatic rings. The fraction of sp³-hybridized carbons (Fsp3) is 0.375. The van der Waals surface area contributed by atoms with Crippen LogP contribution in [0.1, 0.15) is 19.4 Å². The first kappa shape index (κ1) is 19.2. The van der Waals surface area contributed by atoms with Gasteiger partial charge in [-0.1, -0.05) is 6.08 Å². The quantitative estimate of drug-likeness (QED) is 0.811. The largest absolute Gasteiger partial charge is 0.484 e. The van der Waals surface area contributed by atoms with Gasteiger partial charge in [0.25, 0.3) is 5.91 Å². The molecule has 0 spiro atoms. The molecule has 0 atom stereocenters. The molecule has 0 aromatic heterocycles. The molecule has 1 amide bonds. The summed E-state index contributed by atoms with van der Waals surface area (Å²) < 4.78 is 65.4. The average molecular weight is 375 g/mol. The molecule has 0 unspecified atom stereocenters. The minimum Gasteiger partial charge on any atom is -0.484 e. The maximum absolute atomic E-state index is 12.4. The minimum atomic E-state index is -4.55. The SMILES string of the molecule is CC1(C)C=C(c2cc(OCC(F)(F)F)cc(S(C)(=O)=O)c2)C=NC1=O. The topological polar surface area (TPSA) is 72.8 Å². The third kappa shape index (κ3) is 4.91. The van der Waals surface area contributed by atoms with Crippen molar-refractivity contribution in [3.8, 4) is 5.75 Å². The van der Waals surface area contributed by atoms with Gasteiger partial charge in [0.1, 0.15) is 5.75 Å². The fourth-order valence-corrected chi connectivity index (χ4v) is 2.81. The number of amides is 1. The lowest BCUT2D eigenvalue weighted by Gasteiger charge is -2.21. The van der Waals surface area contributed by atoms with Gasteiger partial charge in [-0.25, -0.2) is 13.4 Å².